The van der Waals surface area contributed by atoms with Gasteiger partial charge in [0, 0.05) is 4.47 Å². The van der Waals surface area contributed by atoms with Crippen LogP contribution in [0.5, 0.6) is 0 Å². The minimum absolute atomic E-state index is 0.282. The molecule has 0 radical (unpaired) electrons. The SMILES string of the molecule is C[C@H](N)c1nc2cccc(Br)c2c(=O)n1-c1cccc(F)c1. The third-order valence-corrected chi connectivity index (χ3v) is 4.01. The van der Waals surface area contributed by atoms with E-state index in [0.717, 1.165) is 0 Å². The molecule has 0 aliphatic carbocycles. The van der Waals surface area contributed by atoms with E-state index >= 15 is 0 Å². The average Bonchev–Trinajstić information content (AvgIpc) is 2.46. The van der Waals surface area contributed by atoms with E-state index in [-0.39, 0.29) is 5.56 Å². The van der Waals surface area contributed by atoms with Gasteiger partial charge in [-0.05, 0) is 53.2 Å². The lowest BCUT2D eigenvalue weighted by Crippen LogP contribution is -2.27. The fourth-order valence-corrected chi connectivity index (χ4v) is 2.90. The summed E-state index contributed by atoms with van der Waals surface area (Å²) >= 11 is 3.37. The minimum Gasteiger partial charge on any atom is -0.322 e. The highest BCUT2D eigenvalue weighted by molar-refractivity contribution is 9.10. The molecule has 3 rings (SSSR count). The second-order valence-electron chi connectivity index (χ2n) is 5.01. The van der Waals surface area contributed by atoms with E-state index in [1.54, 1.807) is 37.3 Å². The summed E-state index contributed by atoms with van der Waals surface area (Å²) in [5.41, 5.74) is 6.64. The van der Waals surface area contributed by atoms with Crippen LogP contribution in [0, 0.1) is 5.82 Å². The van der Waals surface area contributed by atoms with Crippen molar-refractivity contribution < 1.29 is 4.39 Å². The molecule has 1 aromatic heterocycles. The summed E-state index contributed by atoms with van der Waals surface area (Å²) < 4.78 is 15.5. The van der Waals surface area contributed by atoms with Gasteiger partial charge in [-0.25, -0.2) is 9.37 Å². The van der Waals surface area contributed by atoms with Crippen molar-refractivity contribution in [2.45, 2.75) is 13.0 Å². The van der Waals surface area contributed by atoms with Crippen LogP contribution in [0.4, 0.5) is 4.39 Å². The molecule has 0 unspecified atom stereocenters. The predicted octanol–water partition coefficient (Wildman–Crippen LogP) is 3.31. The molecule has 0 bridgehead atoms. The van der Waals surface area contributed by atoms with E-state index in [1.165, 1.54) is 16.7 Å². The molecule has 22 heavy (non-hydrogen) atoms. The maximum atomic E-state index is 13.5. The van der Waals surface area contributed by atoms with Gasteiger partial charge in [0.1, 0.15) is 11.6 Å². The number of fused-ring (bicyclic) bond motifs is 1. The summed E-state index contributed by atoms with van der Waals surface area (Å²) in [6.07, 6.45) is 0. The number of hydrogen-bond acceptors (Lipinski definition) is 3. The first-order valence-electron chi connectivity index (χ1n) is 6.71. The Balaban J connectivity index is 2.46. The lowest BCUT2D eigenvalue weighted by molar-refractivity contribution is 0.624. The normalized spacial score (nSPS) is 12.5. The molecule has 0 aliphatic rings. The molecule has 0 saturated heterocycles. The van der Waals surface area contributed by atoms with E-state index in [2.05, 4.69) is 20.9 Å². The quantitative estimate of drug-likeness (QED) is 0.761. The van der Waals surface area contributed by atoms with Gasteiger partial charge in [-0.1, -0.05) is 12.1 Å². The van der Waals surface area contributed by atoms with Crippen LogP contribution < -0.4 is 11.3 Å². The molecule has 0 saturated carbocycles. The average molecular weight is 362 g/mol. The first-order chi connectivity index (χ1) is 10.5. The van der Waals surface area contributed by atoms with E-state index in [0.29, 0.717) is 26.9 Å². The Labute approximate surface area is 134 Å². The van der Waals surface area contributed by atoms with Crippen molar-refractivity contribution in [1.29, 1.82) is 0 Å². The molecule has 3 aromatic rings. The van der Waals surface area contributed by atoms with Gasteiger partial charge in [0.2, 0.25) is 0 Å². The third-order valence-electron chi connectivity index (χ3n) is 3.35. The Morgan fingerprint density at radius 2 is 2.00 bits per heavy atom. The number of nitrogens with two attached hydrogens (primary N) is 1. The number of halogens is 2. The molecule has 4 nitrogen and oxygen atoms in total. The standard InChI is InChI=1S/C16H13BrFN3O/c1-9(19)15-20-13-7-3-6-12(17)14(13)16(22)21(15)11-5-2-4-10(18)8-11/h2-9H,19H2,1H3/t9-/m0/s1. The van der Waals surface area contributed by atoms with Gasteiger partial charge >= 0.3 is 0 Å². The summed E-state index contributed by atoms with van der Waals surface area (Å²) in [5.74, 6) is -0.0338. The Kier molecular flexibility index (Phi) is 3.80. The van der Waals surface area contributed by atoms with Crippen molar-refractivity contribution in [2.75, 3.05) is 0 Å². The monoisotopic (exact) mass is 361 g/mol. The predicted molar refractivity (Wildman–Crippen MR) is 87.6 cm³/mol. The van der Waals surface area contributed by atoms with Crippen LogP contribution in [0.1, 0.15) is 18.8 Å². The zero-order valence-corrected chi connectivity index (χ0v) is 13.3. The Hall–Kier alpha value is -2.05. The van der Waals surface area contributed by atoms with Gasteiger partial charge in [-0.15, -0.1) is 0 Å². The summed E-state index contributed by atoms with van der Waals surface area (Å²) in [6, 6.07) is 10.7. The van der Waals surface area contributed by atoms with Gasteiger partial charge in [0.15, 0.2) is 0 Å². The molecule has 2 N–H and O–H groups in total. The topological polar surface area (TPSA) is 60.9 Å². The summed E-state index contributed by atoms with van der Waals surface area (Å²) in [5, 5.41) is 0.441. The van der Waals surface area contributed by atoms with Crippen LogP contribution in [0.25, 0.3) is 16.6 Å². The van der Waals surface area contributed by atoms with Crippen molar-refractivity contribution >= 4 is 26.8 Å². The Morgan fingerprint density at radius 1 is 1.27 bits per heavy atom. The van der Waals surface area contributed by atoms with Crippen LogP contribution in [0.15, 0.2) is 51.7 Å². The molecular formula is C16H13BrFN3O. The zero-order chi connectivity index (χ0) is 15.9. The molecule has 1 heterocycles. The zero-order valence-electron chi connectivity index (χ0n) is 11.8. The summed E-state index contributed by atoms with van der Waals surface area (Å²) in [7, 11) is 0. The molecule has 1 atom stereocenters. The van der Waals surface area contributed by atoms with Crippen molar-refractivity contribution in [3.8, 4) is 5.69 Å². The Morgan fingerprint density at radius 3 is 2.68 bits per heavy atom. The Bertz CT molecular complexity index is 921. The van der Waals surface area contributed by atoms with Gasteiger partial charge < -0.3 is 5.73 Å². The molecule has 0 fully saturated rings. The highest BCUT2D eigenvalue weighted by Gasteiger charge is 2.17. The van der Waals surface area contributed by atoms with Gasteiger partial charge in [-0.2, -0.15) is 0 Å². The summed E-state index contributed by atoms with van der Waals surface area (Å²) in [4.78, 5) is 17.4. The van der Waals surface area contributed by atoms with Gasteiger partial charge in [0.05, 0.1) is 22.6 Å². The fraction of sp³-hybridized carbons (Fsp3) is 0.125. The number of nitrogens with zero attached hydrogens (tertiary/aromatic N) is 2. The highest BCUT2D eigenvalue weighted by Crippen LogP contribution is 2.22. The molecular weight excluding hydrogens is 349 g/mol. The van der Waals surface area contributed by atoms with Crippen molar-refractivity contribution in [1.82, 2.24) is 9.55 Å². The van der Waals surface area contributed by atoms with E-state index in [4.69, 9.17) is 5.73 Å². The smallest absolute Gasteiger partial charge is 0.267 e. The number of benzene rings is 2. The number of rotatable bonds is 2. The maximum absolute atomic E-state index is 13.5. The van der Waals surface area contributed by atoms with Crippen LogP contribution in [-0.2, 0) is 0 Å². The lowest BCUT2D eigenvalue weighted by atomic mass is 10.2. The van der Waals surface area contributed by atoms with Crippen molar-refractivity contribution in [3.05, 3.63) is 68.9 Å². The van der Waals surface area contributed by atoms with E-state index in [1.807, 2.05) is 0 Å². The molecule has 6 heteroatoms. The third kappa shape index (κ3) is 2.44. The second-order valence-corrected chi connectivity index (χ2v) is 5.87. The number of aromatic nitrogens is 2. The second kappa shape index (κ2) is 5.62. The molecule has 0 aliphatic heterocycles. The van der Waals surface area contributed by atoms with Crippen LogP contribution in [0.2, 0.25) is 0 Å². The van der Waals surface area contributed by atoms with Crippen LogP contribution in [-0.4, -0.2) is 9.55 Å². The van der Waals surface area contributed by atoms with Crippen molar-refractivity contribution in [2.24, 2.45) is 5.73 Å². The van der Waals surface area contributed by atoms with Crippen LogP contribution in [0.3, 0.4) is 0 Å². The van der Waals surface area contributed by atoms with Gasteiger partial charge in [0.25, 0.3) is 5.56 Å². The lowest BCUT2D eigenvalue weighted by Gasteiger charge is -2.16. The molecule has 112 valence electrons. The fourth-order valence-electron chi connectivity index (χ4n) is 2.38. The van der Waals surface area contributed by atoms with Crippen LogP contribution >= 0.6 is 15.9 Å². The highest BCUT2D eigenvalue weighted by atomic mass is 79.9. The molecule has 0 amide bonds. The van der Waals surface area contributed by atoms with Crippen molar-refractivity contribution in [3.63, 3.8) is 0 Å². The molecule has 2 aromatic carbocycles. The maximum Gasteiger partial charge on any atom is 0.267 e. The van der Waals surface area contributed by atoms with E-state index in [9.17, 15) is 9.18 Å². The first-order valence-corrected chi connectivity index (χ1v) is 7.51. The first kappa shape index (κ1) is 14.9. The number of hydrogen-bond donors (Lipinski definition) is 1. The van der Waals surface area contributed by atoms with Gasteiger partial charge in [-0.3, -0.25) is 9.36 Å². The minimum atomic E-state index is -0.473. The largest absolute Gasteiger partial charge is 0.322 e. The summed E-state index contributed by atoms with van der Waals surface area (Å²) in [6.45, 7) is 1.74. The van der Waals surface area contributed by atoms with E-state index < -0.39 is 11.9 Å². The molecule has 0 spiro atoms.